The maximum atomic E-state index is 10.8. The smallest absolute Gasteiger partial charge is 0.331 e. The molecule has 0 aliphatic carbocycles. The van der Waals surface area contributed by atoms with E-state index in [4.69, 9.17) is 4.74 Å². The Kier molecular flexibility index (Phi) is 6.05. The minimum absolute atomic E-state index is 0.0757. The molecule has 0 bridgehead atoms. The molecule has 1 aliphatic heterocycles. The Morgan fingerprint density at radius 3 is 3.07 bits per heavy atom. The van der Waals surface area contributed by atoms with Crippen LogP contribution in [0.15, 0.2) is 0 Å². The van der Waals surface area contributed by atoms with Gasteiger partial charge in [0.1, 0.15) is 6.61 Å². The number of hydrogen-bond acceptors (Lipinski definition) is 5. The highest BCUT2D eigenvalue weighted by atomic mass is 32.2. The molecule has 1 atom stereocenters. The fourth-order valence-corrected chi connectivity index (χ4v) is 2.37. The monoisotopic (exact) mass is 233 g/mol. The first-order chi connectivity index (χ1) is 7.26. The normalized spacial score (nSPS) is 22.7. The van der Waals surface area contributed by atoms with Crippen molar-refractivity contribution in [3.05, 3.63) is 0 Å². The number of carbonyl (C=O) groups is 1. The summed E-state index contributed by atoms with van der Waals surface area (Å²) in [5.41, 5.74) is 0. The molecule has 1 rings (SSSR count). The molecule has 0 N–H and O–H groups in total. The summed E-state index contributed by atoms with van der Waals surface area (Å²) in [6.07, 6.45) is 4.50. The van der Waals surface area contributed by atoms with Crippen molar-refractivity contribution in [3.8, 4) is 0 Å². The fourth-order valence-electron chi connectivity index (χ4n) is 1.70. The van der Waals surface area contributed by atoms with E-state index in [1.807, 2.05) is 0 Å². The molecule has 15 heavy (non-hydrogen) atoms. The number of nitrogens with zero attached hydrogens (tertiary/aromatic N) is 1. The van der Waals surface area contributed by atoms with Crippen LogP contribution in [-0.2, 0) is 14.3 Å². The van der Waals surface area contributed by atoms with Crippen molar-refractivity contribution >= 4 is 17.9 Å². The molecule has 5 heteroatoms. The average molecular weight is 233 g/mol. The van der Waals surface area contributed by atoms with Crippen LogP contribution in [0.4, 0.5) is 0 Å². The van der Waals surface area contributed by atoms with Crippen LogP contribution >= 0.6 is 11.9 Å². The van der Waals surface area contributed by atoms with Crippen molar-refractivity contribution in [2.24, 2.45) is 5.92 Å². The van der Waals surface area contributed by atoms with E-state index in [0.29, 0.717) is 12.5 Å². The van der Waals surface area contributed by atoms with Gasteiger partial charge in [-0.1, -0.05) is 11.9 Å². The lowest BCUT2D eigenvalue weighted by Gasteiger charge is -2.30. The molecule has 0 saturated carbocycles. The lowest BCUT2D eigenvalue weighted by Crippen LogP contribution is -2.33. The number of hydrogen-bond donors (Lipinski definition) is 0. The second-order valence-electron chi connectivity index (χ2n) is 3.67. The summed E-state index contributed by atoms with van der Waals surface area (Å²) >= 11 is 1.78. The van der Waals surface area contributed by atoms with E-state index >= 15 is 0 Å². The van der Waals surface area contributed by atoms with E-state index in [1.54, 1.807) is 11.9 Å². The van der Waals surface area contributed by atoms with Crippen LogP contribution in [0.2, 0.25) is 0 Å². The van der Waals surface area contributed by atoms with Gasteiger partial charge in [-0.05, 0) is 25.0 Å². The molecule has 1 saturated heterocycles. The summed E-state index contributed by atoms with van der Waals surface area (Å²) in [7, 11) is 1.38. The average Bonchev–Trinajstić information content (AvgIpc) is 2.29. The summed E-state index contributed by atoms with van der Waals surface area (Å²) in [6, 6.07) is 0. The van der Waals surface area contributed by atoms with E-state index in [0.717, 1.165) is 13.1 Å². The second kappa shape index (κ2) is 7.09. The second-order valence-corrected chi connectivity index (χ2v) is 4.55. The summed E-state index contributed by atoms with van der Waals surface area (Å²) in [4.78, 5) is 10.8. The van der Waals surface area contributed by atoms with Gasteiger partial charge in [-0.25, -0.2) is 4.79 Å². The lowest BCUT2D eigenvalue weighted by molar-refractivity contribution is -0.146. The Morgan fingerprint density at radius 2 is 2.40 bits per heavy atom. The zero-order valence-electron chi connectivity index (χ0n) is 9.40. The van der Waals surface area contributed by atoms with Gasteiger partial charge in [0.25, 0.3) is 0 Å². The number of carbonyl (C=O) groups excluding carboxylic acids is 1. The molecule has 0 spiro atoms. The number of piperidine rings is 1. The molecule has 88 valence electrons. The quantitative estimate of drug-likeness (QED) is 0.526. The largest absolute Gasteiger partial charge is 0.467 e. The Labute approximate surface area is 95.4 Å². The third kappa shape index (κ3) is 4.86. The highest BCUT2D eigenvalue weighted by Gasteiger charge is 2.19. The predicted molar refractivity (Wildman–Crippen MR) is 60.6 cm³/mol. The van der Waals surface area contributed by atoms with Gasteiger partial charge in [-0.3, -0.25) is 4.31 Å². The zero-order valence-corrected chi connectivity index (χ0v) is 10.2. The van der Waals surface area contributed by atoms with Crippen molar-refractivity contribution in [1.29, 1.82) is 0 Å². The fraction of sp³-hybridized carbons (Fsp3) is 0.900. The van der Waals surface area contributed by atoms with Gasteiger partial charge in [0.05, 0.1) is 13.7 Å². The summed E-state index contributed by atoms with van der Waals surface area (Å²) < 4.78 is 12.2. The summed E-state index contributed by atoms with van der Waals surface area (Å²) in [5.74, 6) is 0.253. The Bertz CT molecular complexity index is 201. The van der Waals surface area contributed by atoms with Crippen LogP contribution in [0.25, 0.3) is 0 Å². The van der Waals surface area contributed by atoms with Crippen molar-refractivity contribution in [1.82, 2.24) is 4.31 Å². The maximum Gasteiger partial charge on any atom is 0.331 e. The summed E-state index contributed by atoms with van der Waals surface area (Å²) in [5, 5.41) is 0. The molecular weight excluding hydrogens is 214 g/mol. The topological polar surface area (TPSA) is 38.8 Å². The number of esters is 1. The molecule has 0 aromatic carbocycles. The van der Waals surface area contributed by atoms with Crippen molar-refractivity contribution in [2.75, 3.05) is 39.7 Å². The molecule has 0 aromatic rings. The van der Waals surface area contributed by atoms with Crippen molar-refractivity contribution in [2.45, 2.75) is 12.8 Å². The van der Waals surface area contributed by atoms with Crippen LogP contribution in [0, 0.1) is 5.92 Å². The molecule has 0 amide bonds. The van der Waals surface area contributed by atoms with Crippen LogP contribution in [-0.4, -0.2) is 49.9 Å². The van der Waals surface area contributed by atoms with Gasteiger partial charge in [-0.2, -0.15) is 0 Å². The number of rotatable bonds is 5. The minimum atomic E-state index is -0.299. The molecule has 1 fully saturated rings. The van der Waals surface area contributed by atoms with Gasteiger partial charge in [0.2, 0.25) is 0 Å². The first-order valence-electron chi connectivity index (χ1n) is 5.20. The SMILES string of the molecule is COC(=O)COC[C@H]1CCCN(SC)C1. The van der Waals surface area contributed by atoms with Gasteiger partial charge in [0, 0.05) is 13.1 Å². The molecule has 1 aliphatic rings. The van der Waals surface area contributed by atoms with E-state index in [9.17, 15) is 4.79 Å². The number of methoxy groups -OCH3 is 1. The highest BCUT2D eigenvalue weighted by molar-refractivity contribution is 7.96. The summed E-state index contributed by atoms with van der Waals surface area (Å²) in [6.45, 7) is 2.95. The molecule has 0 unspecified atom stereocenters. The van der Waals surface area contributed by atoms with Gasteiger partial charge in [0.15, 0.2) is 0 Å². The minimum Gasteiger partial charge on any atom is -0.467 e. The molecular formula is C10H19NO3S. The van der Waals surface area contributed by atoms with Crippen LogP contribution in [0.3, 0.4) is 0 Å². The van der Waals surface area contributed by atoms with Gasteiger partial charge >= 0.3 is 5.97 Å². The molecule has 0 aromatic heterocycles. The number of ether oxygens (including phenoxy) is 2. The van der Waals surface area contributed by atoms with Gasteiger partial charge < -0.3 is 9.47 Å². The van der Waals surface area contributed by atoms with E-state index in [-0.39, 0.29) is 12.6 Å². The first kappa shape index (κ1) is 12.8. The Hall–Kier alpha value is -0.260. The Balaban J connectivity index is 2.12. The van der Waals surface area contributed by atoms with Crippen molar-refractivity contribution < 1.29 is 14.3 Å². The molecule has 0 radical (unpaired) electrons. The van der Waals surface area contributed by atoms with Crippen LogP contribution in [0.1, 0.15) is 12.8 Å². The van der Waals surface area contributed by atoms with Crippen LogP contribution in [0.5, 0.6) is 0 Å². The molecule has 4 nitrogen and oxygen atoms in total. The van der Waals surface area contributed by atoms with E-state index in [2.05, 4.69) is 15.3 Å². The standard InChI is InChI=1S/C10H19NO3S/c1-13-10(12)8-14-7-9-4-3-5-11(6-9)15-2/h9H,3-8H2,1-2H3/t9-/m0/s1. The van der Waals surface area contributed by atoms with Gasteiger partial charge in [-0.15, -0.1) is 0 Å². The highest BCUT2D eigenvalue weighted by Crippen LogP contribution is 2.21. The molecule has 1 heterocycles. The van der Waals surface area contributed by atoms with Crippen LogP contribution < -0.4 is 0 Å². The zero-order chi connectivity index (χ0) is 11.1. The van der Waals surface area contributed by atoms with E-state index in [1.165, 1.54) is 20.0 Å². The first-order valence-corrected chi connectivity index (χ1v) is 6.38. The Morgan fingerprint density at radius 1 is 1.60 bits per heavy atom. The van der Waals surface area contributed by atoms with Crippen molar-refractivity contribution in [3.63, 3.8) is 0 Å². The maximum absolute atomic E-state index is 10.8. The van der Waals surface area contributed by atoms with E-state index < -0.39 is 0 Å². The third-order valence-corrected chi connectivity index (χ3v) is 3.39. The lowest BCUT2D eigenvalue weighted by atomic mass is 10.0. The predicted octanol–water partition coefficient (Wildman–Crippen LogP) is 1.17. The third-order valence-electron chi connectivity index (χ3n) is 2.54.